The van der Waals surface area contributed by atoms with Crippen LogP contribution in [0.15, 0.2) is 18.3 Å². The average molecular weight is 161 g/mol. The zero-order valence-electron chi connectivity index (χ0n) is 6.00. The molecule has 3 heteroatoms. The van der Waals surface area contributed by atoms with Crippen molar-refractivity contribution >= 4 is 12.4 Å². The lowest BCUT2D eigenvalue weighted by Gasteiger charge is -2.03. The molecule has 0 saturated heterocycles. The number of H-pyrrole nitrogens is 1. The molecule has 0 aliphatic carbocycles. The molecule has 0 aromatic carbocycles. The molecule has 1 aromatic rings. The molecule has 58 valence electrons. The topological polar surface area (TPSA) is 41.8 Å². The summed E-state index contributed by atoms with van der Waals surface area (Å²) < 4.78 is 0. The molecule has 0 aliphatic rings. The molecule has 1 rings (SSSR count). The van der Waals surface area contributed by atoms with Gasteiger partial charge in [-0.3, -0.25) is 0 Å². The summed E-state index contributed by atoms with van der Waals surface area (Å²) in [5.41, 5.74) is 6.83. The Morgan fingerprint density at radius 3 is 2.80 bits per heavy atom. The van der Waals surface area contributed by atoms with Gasteiger partial charge in [0.25, 0.3) is 0 Å². The number of halogens is 1. The molecule has 0 amide bonds. The zero-order chi connectivity index (χ0) is 6.69. The fourth-order valence-electron chi connectivity index (χ4n) is 0.795. The van der Waals surface area contributed by atoms with Crippen LogP contribution in [0.25, 0.3) is 0 Å². The Morgan fingerprint density at radius 1 is 1.70 bits per heavy atom. The minimum Gasteiger partial charge on any atom is -0.364 e. The molecule has 1 heterocycles. The second-order valence-corrected chi connectivity index (χ2v) is 2.14. The summed E-state index contributed by atoms with van der Waals surface area (Å²) in [5, 5.41) is 0. The highest BCUT2D eigenvalue weighted by Crippen LogP contribution is 2.08. The van der Waals surface area contributed by atoms with Crippen molar-refractivity contribution in [3.05, 3.63) is 24.0 Å². The standard InChI is InChI=1S/C7H12N2.ClH/c1-2-6(8)7-4-3-5-9-7;/h3-6,9H,2,8H2,1H3;1H/t6-;/m0./s1. The molecule has 2 nitrogen and oxygen atoms in total. The predicted octanol–water partition coefficient (Wildman–Crippen LogP) is 1.85. The Hall–Kier alpha value is -0.470. The number of nitrogens with one attached hydrogen (secondary N) is 1. The first-order chi connectivity index (χ1) is 4.34. The quantitative estimate of drug-likeness (QED) is 0.681. The predicted molar refractivity (Wildman–Crippen MR) is 45.3 cm³/mol. The minimum atomic E-state index is 0. The third-order valence-corrected chi connectivity index (χ3v) is 1.46. The highest BCUT2D eigenvalue weighted by molar-refractivity contribution is 5.85. The van der Waals surface area contributed by atoms with Gasteiger partial charge in [-0.25, -0.2) is 0 Å². The molecule has 0 aliphatic heterocycles. The maximum absolute atomic E-state index is 5.71. The number of aromatic nitrogens is 1. The van der Waals surface area contributed by atoms with Crippen molar-refractivity contribution < 1.29 is 0 Å². The molecule has 0 fully saturated rings. The molecule has 0 saturated carbocycles. The lowest BCUT2D eigenvalue weighted by molar-refractivity contribution is 0.680. The summed E-state index contributed by atoms with van der Waals surface area (Å²) >= 11 is 0. The lowest BCUT2D eigenvalue weighted by Crippen LogP contribution is -2.08. The van der Waals surface area contributed by atoms with Gasteiger partial charge in [0.1, 0.15) is 0 Å². The van der Waals surface area contributed by atoms with Crippen molar-refractivity contribution in [3.8, 4) is 0 Å². The van der Waals surface area contributed by atoms with Gasteiger partial charge in [0, 0.05) is 17.9 Å². The van der Waals surface area contributed by atoms with Crippen LogP contribution in [0.1, 0.15) is 25.1 Å². The normalized spacial score (nSPS) is 12.2. The summed E-state index contributed by atoms with van der Waals surface area (Å²) in [6.07, 6.45) is 2.88. The molecule has 0 bridgehead atoms. The van der Waals surface area contributed by atoms with Gasteiger partial charge in [-0.05, 0) is 18.6 Å². The van der Waals surface area contributed by atoms with E-state index in [1.165, 1.54) is 0 Å². The number of rotatable bonds is 2. The lowest BCUT2D eigenvalue weighted by atomic mass is 10.2. The largest absolute Gasteiger partial charge is 0.364 e. The summed E-state index contributed by atoms with van der Waals surface area (Å²) in [4.78, 5) is 3.06. The molecular formula is C7H13ClN2. The van der Waals surface area contributed by atoms with Crippen LogP contribution in [0.5, 0.6) is 0 Å². The van der Waals surface area contributed by atoms with Gasteiger partial charge in [-0.15, -0.1) is 12.4 Å². The summed E-state index contributed by atoms with van der Waals surface area (Å²) in [6.45, 7) is 2.07. The molecule has 1 atom stereocenters. The average Bonchev–Trinajstić information content (AvgIpc) is 2.37. The van der Waals surface area contributed by atoms with Crippen molar-refractivity contribution in [3.63, 3.8) is 0 Å². The van der Waals surface area contributed by atoms with Crippen LogP contribution >= 0.6 is 12.4 Å². The van der Waals surface area contributed by atoms with E-state index in [1.54, 1.807) is 0 Å². The van der Waals surface area contributed by atoms with Gasteiger partial charge in [0.15, 0.2) is 0 Å². The van der Waals surface area contributed by atoms with E-state index in [9.17, 15) is 0 Å². The molecular weight excluding hydrogens is 148 g/mol. The monoisotopic (exact) mass is 160 g/mol. The van der Waals surface area contributed by atoms with E-state index < -0.39 is 0 Å². The fourth-order valence-corrected chi connectivity index (χ4v) is 0.795. The second-order valence-electron chi connectivity index (χ2n) is 2.14. The third-order valence-electron chi connectivity index (χ3n) is 1.46. The van der Waals surface area contributed by atoms with E-state index >= 15 is 0 Å². The van der Waals surface area contributed by atoms with Crippen LogP contribution in [-0.2, 0) is 0 Å². The summed E-state index contributed by atoms with van der Waals surface area (Å²) in [5.74, 6) is 0. The van der Waals surface area contributed by atoms with Crippen LogP contribution < -0.4 is 5.73 Å². The maximum Gasteiger partial charge on any atom is 0.0445 e. The maximum atomic E-state index is 5.71. The molecule has 0 radical (unpaired) electrons. The molecule has 10 heavy (non-hydrogen) atoms. The van der Waals surface area contributed by atoms with E-state index in [0.29, 0.717) is 0 Å². The van der Waals surface area contributed by atoms with Crippen molar-refractivity contribution in [1.82, 2.24) is 4.98 Å². The zero-order valence-corrected chi connectivity index (χ0v) is 6.82. The van der Waals surface area contributed by atoms with Crippen molar-refractivity contribution in [2.24, 2.45) is 5.73 Å². The first-order valence-corrected chi connectivity index (χ1v) is 3.23. The van der Waals surface area contributed by atoms with Gasteiger partial charge >= 0.3 is 0 Å². The Bertz CT molecular complexity index is 160. The van der Waals surface area contributed by atoms with Crippen LogP contribution in [0.4, 0.5) is 0 Å². The SMILES string of the molecule is CC[C@H](N)c1ccc[nH]1.Cl. The van der Waals surface area contributed by atoms with Crippen LogP contribution in [-0.4, -0.2) is 4.98 Å². The molecule has 0 unspecified atom stereocenters. The van der Waals surface area contributed by atoms with E-state index in [-0.39, 0.29) is 18.4 Å². The first kappa shape index (κ1) is 9.53. The van der Waals surface area contributed by atoms with Crippen LogP contribution in [0.3, 0.4) is 0 Å². The van der Waals surface area contributed by atoms with Crippen molar-refractivity contribution in [1.29, 1.82) is 0 Å². The van der Waals surface area contributed by atoms with Gasteiger partial charge in [-0.2, -0.15) is 0 Å². The van der Waals surface area contributed by atoms with E-state index in [4.69, 9.17) is 5.73 Å². The van der Waals surface area contributed by atoms with Gasteiger partial charge < -0.3 is 10.7 Å². The first-order valence-electron chi connectivity index (χ1n) is 3.23. The number of nitrogens with two attached hydrogens (primary N) is 1. The number of aromatic amines is 1. The van der Waals surface area contributed by atoms with Crippen LogP contribution in [0, 0.1) is 0 Å². The van der Waals surface area contributed by atoms with Crippen molar-refractivity contribution in [2.45, 2.75) is 19.4 Å². The Labute approximate surface area is 67.2 Å². The smallest absolute Gasteiger partial charge is 0.0445 e. The highest BCUT2D eigenvalue weighted by atomic mass is 35.5. The Balaban J connectivity index is 0.000000810. The number of hydrogen-bond donors (Lipinski definition) is 2. The van der Waals surface area contributed by atoms with Gasteiger partial charge in [-0.1, -0.05) is 6.92 Å². The fraction of sp³-hybridized carbons (Fsp3) is 0.429. The molecule has 3 N–H and O–H groups in total. The highest BCUT2D eigenvalue weighted by Gasteiger charge is 2.00. The molecule has 1 aromatic heterocycles. The number of hydrogen-bond acceptors (Lipinski definition) is 1. The van der Waals surface area contributed by atoms with E-state index in [1.807, 2.05) is 18.3 Å². The van der Waals surface area contributed by atoms with Gasteiger partial charge in [0.05, 0.1) is 0 Å². The summed E-state index contributed by atoms with van der Waals surface area (Å²) in [7, 11) is 0. The third kappa shape index (κ3) is 2.05. The van der Waals surface area contributed by atoms with E-state index in [0.717, 1.165) is 12.1 Å². The van der Waals surface area contributed by atoms with Crippen LogP contribution in [0.2, 0.25) is 0 Å². The Kier molecular flexibility index (Phi) is 4.16. The minimum absolute atomic E-state index is 0. The second kappa shape index (κ2) is 4.36. The van der Waals surface area contributed by atoms with E-state index in [2.05, 4.69) is 11.9 Å². The molecule has 0 spiro atoms. The Morgan fingerprint density at radius 2 is 2.40 bits per heavy atom. The van der Waals surface area contributed by atoms with Crippen molar-refractivity contribution in [2.75, 3.05) is 0 Å². The van der Waals surface area contributed by atoms with Gasteiger partial charge in [0.2, 0.25) is 0 Å². The summed E-state index contributed by atoms with van der Waals surface area (Å²) in [6, 6.07) is 4.15.